The van der Waals surface area contributed by atoms with Crippen molar-refractivity contribution in [3.63, 3.8) is 0 Å². The van der Waals surface area contributed by atoms with Crippen LogP contribution in [0.15, 0.2) is 47.4 Å². The molecule has 4 rings (SSSR count). The van der Waals surface area contributed by atoms with E-state index in [0.717, 1.165) is 23.5 Å². The number of fused-ring (bicyclic) bond motifs is 2. The average Bonchev–Trinajstić information content (AvgIpc) is 3.08. The second-order valence-corrected chi connectivity index (χ2v) is 6.00. The molecular weight excluding hydrogens is 284 g/mol. The van der Waals surface area contributed by atoms with Gasteiger partial charge in [0.15, 0.2) is 0 Å². The Morgan fingerprint density at radius 1 is 0.952 bits per heavy atom. The Labute approximate surface area is 126 Å². The highest BCUT2D eigenvalue weighted by Crippen LogP contribution is 2.39. The number of nitrogens with one attached hydrogen (secondary N) is 1. The number of amides is 2. The number of nitrogens with zero attached hydrogens (tertiary/aromatic N) is 1. The highest BCUT2D eigenvalue weighted by molar-refractivity contribution is 7.98. The third kappa shape index (κ3) is 1.85. The molecule has 2 aromatic carbocycles. The summed E-state index contributed by atoms with van der Waals surface area (Å²) in [5.41, 5.74) is 3.24. The van der Waals surface area contributed by atoms with Gasteiger partial charge in [-0.05, 0) is 30.2 Å². The van der Waals surface area contributed by atoms with Crippen molar-refractivity contribution < 1.29 is 9.59 Å². The van der Waals surface area contributed by atoms with Crippen molar-refractivity contribution in [1.29, 1.82) is 0 Å². The molecular formula is C16H12N2O2S. The van der Waals surface area contributed by atoms with Crippen LogP contribution in [0.2, 0.25) is 0 Å². The zero-order chi connectivity index (χ0) is 14.4. The van der Waals surface area contributed by atoms with Gasteiger partial charge in [-0.1, -0.05) is 24.3 Å². The number of carbonyl (C=O) groups excluding carboxylic acids is 2. The van der Waals surface area contributed by atoms with Crippen LogP contribution < -0.4 is 5.32 Å². The lowest BCUT2D eigenvalue weighted by Crippen LogP contribution is -2.22. The van der Waals surface area contributed by atoms with Gasteiger partial charge in [-0.3, -0.25) is 9.59 Å². The molecule has 104 valence electrons. The van der Waals surface area contributed by atoms with Crippen molar-refractivity contribution in [2.75, 3.05) is 11.9 Å². The molecule has 2 aliphatic heterocycles. The maximum Gasteiger partial charge on any atom is 0.272 e. The number of anilines is 1. The first-order valence-corrected chi connectivity index (χ1v) is 7.54. The zero-order valence-electron chi connectivity index (χ0n) is 11.1. The SMILES string of the molecule is O=C1c2ccccc2C(=O)N1Sc1cccc2c1NCC2. The summed E-state index contributed by atoms with van der Waals surface area (Å²) in [6.07, 6.45) is 0.978. The lowest BCUT2D eigenvalue weighted by Gasteiger charge is -2.14. The van der Waals surface area contributed by atoms with E-state index in [1.54, 1.807) is 24.3 Å². The summed E-state index contributed by atoms with van der Waals surface area (Å²) in [7, 11) is 0. The molecule has 0 atom stereocenters. The van der Waals surface area contributed by atoms with Crippen LogP contribution in [-0.2, 0) is 6.42 Å². The molecule has 2 aliphatic rings. The van der Waals surface area contributed by atoms with Gasteiger partial charge in [0.2, 0.25) is 0 Å². The summed E-state index contributed by atoms with van der Waals surface area (Å²) in [5, 5.41) is 3.32. The quantitative estimate of drug-likeness (QED) is 0.684. The minimum absolute atomic E-state index is 0.240. The number of carbonyl (C=O) groups is 2. The molecule has 21 heavy (non-hydrogen) atoms. The summed E-state index contributed by atoms with van der Waals surface area (Å²) >= 11 is 1.20. The summed E-state index contributed by atoms with van der Waals surface area (Å²) in [6, 6.07) is 12.9. The van der Waals surface area contributed by atoms with Crippen LogP contribution in [0.3, 0.4) is 0 Å². The molecule has 0 spiro atoms. The van der Waals surface area contributed by atoms with Gasteiger partial charge in [-0.25, -0.2) is 4.31 Å². The predicted molar refractivity (Wildman–Crippen MR) is 81.4 cm³/mol. The molecule has 2 aromatic rings. The second-order valence-electron chi connectivity index (χ2n) is 5.01. The minimum Gasteiger partial charge on any atom is -0.384 e. The first-order chi connectivity index (χ1) is 10.3. The first kappa shape index (κ1) is 12.5. The molecule has 0 radical (unpaired) electrons. The van der Waals surface area contributed by atoms with Gasteiger partial charge in [0.05, 0.1) is 21.7 Å². The molecule has 1 N–H and O–H groups in total. The van der Waals surface area contributed by atoms with Gasteiger partial charge in [0.1, 0.15) is 0 Å². The summed E-state index contributed by atoms with van der Waals surface area (Å²) in [6.45, 7) is 0.898. The predicted octanol–water partition coefficient (Wildman–Crippen LogP) is 2.96. The molecule has 2 heterocycles. The van der Waals surface area contributed by atoms with E-state index in [0.29, 0.717) is 11.1 Å². The van der Waals surface area contributed by atoms with Gasteiger partial charge in [-0.2, -0.15) is 0 Å². The smallest absolute Gasteiger partial charge is 0.272 e. The third-order valence-corrected chi connectivity index (χ3v) is 4.81. The Bertz CT molecular complexity index is 738. The minimum atomic E-state index is -0.240. The van der Waals surface area contributed by atoms with Gasteiger partial charge < -0.3 is 5.32 Å². The van der Waals surface area contributed by atoms with Gasteiger partial charge in [-0.15, -0.1) is 0 Å². The Morgan fingerprint density at radius 2 is 1.67 bits per heavy atom. The molecule has 0 aliphatic carbocycles. The van der Waals surface area contributed by atoms with E-state index in [1.165, 1.54) is 21.8 Å². The Balaban J connectivity index is 1.70. The lowest BCUT2D eigenvalue weighted by molar-refractivity contribution is 0.0777. The Hall–Kier alpha value is -2.27. The van der Waals surface area contributed by atoms with E-state index in [9.17, 15) is 9.59 Å². The van der Waals surface area contributed by atoms with Crippen LogP contribution >= 0.6 is 11.9 Å². The van der Waals surface area contributed by atoms with Crippen molar-refractivity contribution >= 4 is 29.4 Å². The molecule has 0 aromatic heterocycles. The fourth-order valence-corrected chi connectivity index (χ4v) is 3.73. The number of hydrogen-bond donors (Lipinski definition) is 1. The van der Waals surface area contributed by atoms with Crippen LogP contribution in [0.1, 0.15) is 26.3 Å². The van der Waals surface area contributed by atoms with Crippen LogP contribution in [0.5, 0.6) is 0 Å². The molecule has 0 unspecified atom stereocenters. The summed E-state index contributed by atoms with van der Waals surface area (Å²) < 4.78 is 1.25. The van der Waals surface area contributed by atoms with Gasteiger partial charge >= 0.3 is 0 Å². The Morgan fingerprint density at radius 3 is 2.38 bits per heavy atom. The van der Waals surface area contributed by atoms with E-state index in [1.807, 2.05) is 12.1 Å². The van der Waals surface area contributed by atoms with E-state index in [4.69, 9.17) is 0 Å². The fourth-order valence-electron chi connectivity index (χ4n) is 2.73. The van der Waals surface area contributed by atoms with Crippen LogP contribution in [0, 0.1) is 0 Å². The van der Waals surface area contributed by atoms with Crippen molar-refractivity contribution in [3.05, 3.63) is 59.2 Å². The molecule has 2 amide bonds. The zero-order valence-corrected chi connectivity index (χ0v) is 11.9. The van der Waals surface area contributed by atoms with Crippen LogP contribution in [0.25, 0.3) is 0 Å². The summed E-state index contributed by atoms with van der Waals surface area (Å²) in [4.78, 5) is 25.7. The average molecular weight is 296 g/mol. The standard InChI is InChI=1S/C16H12N2O2S/c19-15-11-5-1-2-6-12(11)16(20)18(15)21-13-7-3-4-10-8-9-17-14(10)13/h1-7,17H,8-9H2. The number of imide groups is 1. The van der Waals surface area contributed by atoms with Crippen molar-refractivity contribution in [2.45, 2.75) is 11.3 Å². The maximum absolute atomic E-state index is 12.4. The number of rotatable bonds is 2. The summed E-state index contributed by atoms with van der Waals surface area (Å²) in [5.74, 6) is -0.479. The van der Waals surface area contributed by atoms with E-state index in [2.05, 4.69) is 11.4 Å². The number of hydrogen-bond acceptors (Lipinski definition) is 4. The molecule has 5 heteroatoms. The highest BCUT2D eigenvalue weighted by atomic mass is 32.2. The van der Waals surface area contributed by atoms with Crippen molar-refractivity contribution in [2.24, 2.45) is 0 Å². The van der Waals surface area contributed by atoms with Crippen LogP contribution in [-0.4, -0.2) is 22.7 Å². The topological polar surface area (TPSA) is 49.4 Å². The van der Waals surface area contributed by atoms with Crippen molar-refractivity contribution in [3.8, 4) is 0 Å². The second kappa shape index (κ2) is 4.63. The number of benzene rings is 2. The fraction of sp³-hybridized carbons (Fsp3) is 0.125. The maximum atomic E-state index is 12.4. The van der Waals surface area contributed by atoms with E-state index < -0.39 is 0 Å². The Kier molecular flexibility index (Phi) is 2.75. The van der Waals surface area contributed by atoms with Crippen molar-refractivity contribution in [1.82, 2.24) is 4.31 Å². The highest BCUT2D eigenvalue weighted by Gasteiger charge is 2.36. The van der Waals surface area contributed by atoms with Gasteiger partial charge in [0, 0.05) is 18.5 Å². The largest absolute Gasteiger partial charge is 0.384 e. The number of para-hydroxylation sites is 1. The molecule has 0 saturated heterocycles. The molecule has 0 bridgehead atoms. The molecule has 0 fully saturated rings. The molecule has 4 nitrogen and oxygen atoms in total. The third-order valence-electron chi connectivity index (χ3n) is 3.76. The normalized spacial score (nSPS) is 15.9. The lowest BCUT2D eigenvalue weighted by atomic mass is 10.1. The monoisotopic (exact) mass is 296 g/mol. The molecule has 0 saturated carbocycles. The van der Waals surface area contributed by atoms with E-state index in [-0.39, 0.29) is 11.8 Å². The first-order valence-electron chi connectivity index (χ1n) is 6.77. The van der Waals surface area contributed by atoms with Crippen LogP contribution in [0.4, 0.5) is 5.69 Å². The van der Waals surface area contributed by atoms with Gasteiger partial charge in [0.25, 0.3) is 11.8 Å². The van der Waals surface area contributed by atoms with E-state index >= 15 is 0 Å².